The quantitative estimate of drug-likeness (QED) is 0.601. The van der Waals surface area contributed by atoms with E-state index < -0.39 is 6.10 Å². The molecule has 0 radical (unpaired) electrons. The summed E-state index contributed by atoms with van der Waals surface area (Å²) in [6, 6.07) is 15.0. The number of rotatable bonds is 9. The molecule has 0 aromatic heterocycles. The van der Waals surface area contributed by atoms with Gasteiger partial charge in [-0.3, -0.25) is 4.79 Å². The monoisotopic (exact) mass is 417 g/mol. The first kappa shape index (κ1) is 20.4. The average Bonchev–Trinajstić information content (AvgIpc) is 2.66. The predicted molar refractivity (Wildman–Crippen MR) is 108 cm³/mol. The molecule has 0 aliphatic rings. The Morgan fingerprint density at radius 2 is 2.00 bits per heavy atom. The highest BCUT2D eigenvalue weighted by Gasteiger charge is 2.15. The van der Waals surface area contributed by atoms with Crippen molar-refractivity contribution >= 4 is 27.8 Å². The molecule has 0 fully saturated rings. The minimum Gasteiger partial charge on any atom is -0.496 e. The number of hydrogen-bond donors (Lipinski definition) is 2. The number of methoxy groups -OCH3 is 1. The van der Waals surface area contributed by atoms with E-state index in [1.54, 1.807) is 19.3 Å². The van der Waals surface area contributed by atoms with E-state index in [2.05, 4.69) is 21.2 Å². The molecule has 2 aromatic carbocycles. The molecule has 26 heavy (non-hydrogen) atoms. The molecule has 2 rings (SSSR count). The zero-order valence-corrected chi connectivity index (χ0v) is 16.6. The van der Waals surface area contributed by atoms with Crippen molar-refractivity contribution in [1.82, 2.24) is 5.32 Å². The molecular formula is C21H24BrNO3. The summed E-state index contributed by atoms with van der Waals surface area (Å²) >= 11 is 3.43. The Bertz CT molecular complexity index is 746. The Morgan fingerprint density at radius 1 is 1.27 bits per heavy atom. The van der Waals surface area contributed by atoms with Crippen LogP contribution < -0.4 is 10.1 Å². The molecule has 2 N–H and O–H groups in total. The maximum atomic E-state index is 12.0. The summed E-state index contributed by atoms with van der Waals surface area (Å²) in [5.74, 6) is 0.787. The minimum absolute atomic E-state index is 0.0332. The number of hydrogen-bond acceptors (Lipinski definition) is 4. The zero-order valence-electron chi connectivity index (χ0n) is 15.0. The van der Waals surface area contributed by atoms with Crippen molar-refractivity contribution in [3.05, 3.63) is 70.2 Å². The van der Waals surface area contributed by atoms with Gasteiger partial charge in [0.15, 0.2) is 5.78 Å². The summed E-state index contributed by atoms with van der Waals surface area (Å²) in [5, 5.41) is 13.5. The van der Waals surface area contributed by atoms with Gasteiger partial charge in [-0.15, -0.1) is 0 Å². The molecule has 2 atom stereocenters. The minimum atomic E-state index is -0.599. The second-order valence-electron chi connectivity index (χ2n) is 6.04. The molecule has 4 nitrogen and oxygen atoms in total. The summed E-state index contributed by atoms with van der Waals surface area (Å²) in [6.07, 6.45) is 3.14. The maximum absolute atomic E-state index is 12.0. The van der Waals surface area contributed by atoms with Crippen LogP contribution in [0, 0.1) is 0 Å². The Labute approximate surface area is 163 Å². The smallest absolute Gasteiger partial charge is 0.156 e. The lowest BCUT2D eigenvalue weighted by atomic mass is 10.0. The molecule has 0 aliphatic carbocycles. The van der Waals surface area contributed by atoms with Crippen LogP contribution in [0.5, 0.6) is 5.75 Å². The van der Waals surface area contributed by atoms with Crippen molar-refractivity contribution in [3.8, 4) is 5.75 Å². The number of ketones is 1. The van der Waals surface area contributed by atoms with Crippen molar-refractivity contribution in [3.63, 3.8) is 0 Å². The number of allylic oxidation sites excluding steroid dienone is 1. The summed E-state index contributed by atoms with van der Waals surface area (Å²) < 4.78 is 6.03. The Kier molecular flexibility index (Phi) is 8.04. The van der Waals surface area contributed by atoms with E-state index in [0.29, 0.717) is 13.0 Å². The highest BCUT2D eigenvalue weighted by Crippen LogP contribution is 2.26. The first-order chi connectivity index (χ1) is 12.5. The topological polar surface area (TPSA) is 58.6 Å². The standard InChI is InChI=1S/C21H24BrNO3/c1-15(21(25)17-6-4-3-5-7-17)23-13-12-18(24)10-8-16-9-11-20(26-2)19(22)14-16/h3-11,14-15,21,23,25H,12-13H2,1-2H3/b10-8+. The third-order valence-corrected chi connectivity index (χ3v) is 4.71. The Morgan fingerprint density at radius 3 is 2.65 bits per heavy atom. The number of carbonyl (C=O) groups excluding carboxylic acids is 1. The van der Waals surface area contributed by atoms with E-state index in [9.17, 15) is 9.90 Å². The van der Waals surface area contributed by atoms with Gasteiger partial charge >= 0.3 is 0 Å². The number of halogens is 1. The second kappa shape index (κ2) is 10.3. The highest BCUT2D eigenvalue weighted by atomic mass is 79.9. The molecule has 0 saturated heterocycles. The molecular weight excluding hydrogens is 394 g/mol. The van der Waals surface area contributed by atoms with Gasteiger partial charge in [0.05, 0.1) is 17.7 Å². The lowest BCUT2D eigenvalue weighted by Gasteiger charge is -2.20. The molecule has 0 aliphatic heterocycles. The Balaban J connectivity index is 1.78. The van der Waals surface area contributed by atoms with Crippen molar-refractivity contribution in [1.29, 1.82) is 0 Å². The SMILES string of the molecule is COc1ccc(/C=C/C(=O)CCNC(C)C(O)c2ccccc2)cc1Br. The van der Waals surface area contributed by atoms with Crippen LogP contribution in [-0.4, -0.2) is 30.6 Å². The van der Waals surface area contributed by atoms with Gasteiger partial charge in [0.2, 0.25) is 0 Å². The average molecular weight is 418 g/mol. The summed E-state index contributed by atoms with van der Waals surface area (Å²) in [6.45, 7) is 2.42. The van der Waals surface area contributed by atoms with Crippen LogP contribution in [0.25, 0.3) is 6.08 Å². The van der Waals surface area contributed by atoms with Gasteiger partial charge in [0.1, 0.15) is 5.75 Å². The van der Waals surface area contributed by atoms with Gasteiger partial charge in [0.25, 0.3) is 0 Å². The third kappa shape index (κ3) is 6.09. The van der Waals surface area contributed by atoms with Gasteiger partial charge < -0.3 is 15.2 Å². The molecule has 0 heterocycles. The lowest BCUT2D eigenvalue weighted by molar-refractivity contribution is -0.114. The number of carbonyl (C=O) groups is 1. The van der Waals surface area contributed by atoms with Gasteiger partial charge in [-0.1, -0.05) is 42.5 Å². The van der Waals surface area contributed by atoms with E-state index in [1.165, 1.54) is 0 Å². The molecule has 0 saturated carbocycles. The summed E-state index contributed by atoms with van der Waals surface area (Å²) in [4.78, 5) is 12.0. The highest BCUT2D eigenvalue weighted by molar-refractivity contribution is 9.10. The molecule has 0 spiro atoms. The van der Waals surface area contributed by atoms with Crippen LogP contribution >= 0.6 is 15.9 Å². The predicted octanol–water partition coefficient (Wildman–Crippen LogP) is 4.14. The Hall–Kier alpha value is -1.95. The van der Waals surface area contributed by atoms with Crippen molar-refractivity contribution in [2.75, 3.05) is 13.7 Å². The van der Waals surface area contributed by atoms with Crippen LogP contribution in [-0.2, 0) is 4.79 Å². The van der Waals surface area contributed by atoms with E-state index in [0.717, 1.165) is 21.3 Å². The van der Waals surface area contributed by atoms with Crippen molar-refractivity contribution in [2.24, 2.45) is 0 Å². The first-order valence-corrected chi connectivity index (χ1v) is 9.31. The van der Waals surface area contributed by atoms with Gasteiger partial charge in [-0.2, -0.15) is 0 Å². The molecule has 0 bridgehead atoms. The first-order valence-electron chi connectivity index (χ1n) is 8.52. The normalized spacial score (nSPS) is 13.5. The van der Waals surface area contributed by atoms with Gasteiger partial charge in [0, 0.05) is 19.0 Å². The molecule has 2 unspecified atom stereocenters. The van der Waals surface area contributed by atoms with Crippen LogP contribution in [0.3, 0.4) is 0 Å². The van der Waals surface area contributed by atoms with Crippen molar-refractivity contribution < 1.29 is 14.6 Å². The molecule has 138 valence electrons. The number of aliphatic hydroxyl groups excluding tert-OH is 1. The number of ether oxygens (including phenoxy) is 1. The maximum Gasteiger partial charge on any atom is 0.156 e. The van der Waals surface area contributed by atoms with Crippen LogP contribution in [0.15, 0.2) is 59.1 Å². The fourth-order valence-electron chi connectivity index (χ4n) is 2.53. The number of aliphatic hydroxyl groups is 1. The lowest BCUT2D eigenvalue weighted by Crippen LogP contribution is -2.33. The van der Waals surface area contributed by atoms with Crippen LogP contribution in [0.4, 0.5) is 0 Å². The summed E-state index contributed by atoms with van der Waals surface area (Å²) in [7, 11) is 1.61. The second-order valence-corrected chi connectivity index (χ2v) is 6.90. The zero-order chi connectivity index (χ0) is 18.9. The largest absolute Gasteiger partial charge is 0.496 e. The van der Waals surface area contributed by atoms with Crippen LogP contribution in [0.1, 0.15) is 30.6 Å². The molecule has 0 amide bonds. The van der Waals surface area contributed by atoms with E-state index in [4.69, 9.17) is 4.74 Å². The van der Waals surface area contributed by atoms with Gasteiger partial charge in [-0.05, 0) is 52.2 Å². The molecule has 2 aromatic rings. The van der Waals surface area contributed by atoms with Crippen molar-refractivity contribution in [2.45, 2.75) is 25.5 Å². The van der Waals surface area contributed by atoms with Crippen LogP contribution in [0.2, 0.25) is 0 Å². The molecule has 5 heteroatoms. The van der Waals surface area contributed by atoms with E-state index in [1.807, 2.05) is 55.5 Å². The number of nitrogens with one attached hydrogen (secondary N) is 1. The summed E-state index contributed by atoms with van der Waals surface area (Å²) in [5.41, 5.74) is 1.79. The van der Waals surface area contributed by atoms with Gasteiger partial charge in [-0.25, -0.2) is 0 Å². The fourth-order valence-corrected chi connectivity index (χ4v) is 3.09. The fraction of sp³-hybridized carbons (Fsp3) is 0.286. The van der Waals surface area contributed by atoms with E-state index >= 15 is 0 Å². The third-order valence-electron chi connectivity index (χ3n) is 4.09. The van der Waals surface area contributed by atoms with E-state index in [-0.39, 0.29) is 11.8 Å². The number of benzene rings is 2.